The lowest BCUT2D eigenvalue weighted by molar-refractivity contribution is -0.384. The van der Waals surface area contributed by atoms with E-state index in [4.69, 9.17) is 4.74 Å². The van der Waals surface area contributed by atoms with Gasteiger partial charge in [0.15, 0.2) is 6.61 Å². The summed E-state index contributed by atoms with van der Waals surface area (Å²) in [4.78, 5) is 37.2. The highest BCUT2D eigenvalue weighted by Gasteiger charge is 2.29. The molecule has 3 rings (SSSR count). The predicted octanol–water partition coefficient (Wildman–Crippen LogP) is 3.76. The second-order valence-electron chi connectivity index (χ2n) is 6.60. The van der Waals surface area contributed by atoms with Gasteiger partial charge in [-0.05, 0) is 45.2 Å². The third kappa shape index (κ3) is 3.70. The summed E-state index contributed by atoms with van der Waals surface area (Å²) >= 11 is 1.19. The molecule has 0 radical (unpaired) electrons. The van der Waals surface area contributed by atoms with Crippen molar-refractivity contribution in [2.24, 2.45) is 0 Å². The number of fused-ring (bicyclic) bond motifs is 1. The maximum absolute atomic E-state index is 12.4. The average Bonchev–Trinajstić information content (AvgIpc) is 3.02. The van der Waals surface area contributed by atoms with E-state index in [-0.39, 0.29) is 30.3 Å². The fraction of sp³-hybridized carbons (Fsp3) is 0.444. The van der Waals surface area contributed by atoms with Gasteiger partial charge < -0.3 is 9.64 Å². The number of benzene rings is 1. The largest absolute Gasteiger partial charge is 0.451 e. The van der Waals surface area contributed by atoms with Crippen molar-refractivity contribution < 1.29 is 19.2 Å². The van der Waals surface area contributed by atoms with E-state index >= 15 is 0 Å². The summed E-state index contributed by atoms with van der Waals surface area (Å²) in [5.41, 5.74) is -0.0292. The van der Waals surface area contributed by atoms with Crippen molar-refractivity contribution in [3.8, 4) is 0 Å². The first-order valence-corrected chi connectivity index (χ1v) is 9.34. The SMILES string of the molecule is C[C@H]1CCC[C@H](C)N1C(=O)COC(=O)c1cc2cc([N+](=O)[O-])ccc2s1. The maximum atomic E-state index is 12.4. The summed E-state index contributed by atoms with van der Waals surface area (Å²) in [7, 11) is 0. The molecule has 1 aromatic carbocycles. The Morgan fingerprint density at radius 1 is 1.27 bits per heavy atom. The number of nitro benzene ring substituents is 1. The zero-order chi connectivity index (χ0) is 18.8. The summed E-state index contributed by atoms with van der Waals surface area (Å²) in [6.07, 6.45) is 3.01. The number of ether oxygens (including phenoxy) is 1. The molecule has 1 aliphatic rings. The van der Waals surface area contributed by atoms with E-state index in [0.29, 0.717) is 10.3 Å². The Bertz CT molecular complexity index is 852. The number of amides is 1. The standard InChI is InChI=1S/C18H20N2O5S/c1-11-4-3-5-12(2)19(11)17(21)10-25-18(22)16-9-13-8-14(20(23)24)6-7-15(13)26-16/h6-9,11-12H,3-5,10H2,1-2H3/t11-,12-/m0/s1. The molecule has 8 heteroatoms. The van der Waals surface area contributed by atoms with Gasteiger partial charge in [0, 0.05) is 34.3 Å². The van der Waals surface area contributed by atoms with Crippen LogP contribution in [0.1, 0.15) is 42.8 Å². The van der Waals surface area contributed by atoms with Crippen LogP contribution >= 0.6 is 11.3 Å². The van der Waals surface area contributed by atoms with Crippen LogP contribution in [0.5, 0.6) is 0 Å². The van der Waals surface area contributed by atoms with E-state index in [1.807, 2.05) is 13.8 Å². The molecule has 2 atom stereocenters. The van der Waals surface area contributed by atoms with Gasteiger partial charge in [-0.25, -0.2) is 4.79 Å². The second-order valence-corrected chi connectivity index (χ2v) is 7.68. The van der Waals surface area contributed by atoms with Gasteiger partial charge in [0.05, 0.1) is 4.92 Å². The number of thiophene rings is 1. The number of carbonyl (C=O) groups is 2. The fourth-order valence-electron chi connectivity index (χ4n) is 3.43. The number of rotatable bonds is 4. The molecule has 138 valence electrons. The first kappa shape index (κ1) is 18.3. The Hall–Kier alpha value is -2.48. The number of piperidine rings is 1. The van der Waals surface area contributed by atoms with Crippen LogP contribution in [0.15, 0.2) is 24.3 Å². The third-order valence-electron chi connectivity index (χ3n) is 4.72. The number of nitrogens with zero attached hydrogens (tertiary/aromatic N) is 2. The number of nitro groups is 1. The van der Waals surface area contributed by atoms with Crippen molar-refractivity contribution in [2.45, 2.75) is 45.2 Å². The van der Waals surface area contributed by atoms with E-state index in [1.165, 1.54) is 23.5 Å². The third-order valence-corrected chi connectivity index (χ3v) is 5.82. The molecule has 0 saturated carbocycles. The van der Waals surface area contributed by atoms with Crippen LogP contribution in [0, 0.1) is 10.1 Å². The van der Waals surface area contributed by atoms with E-state index in [0.717, 1.165) is 24.0 Å². The molecule has 26 heavy (non-hydrogen) atoms. The molecule has 2 aromatic rings. The van der Waals surface area contributed by atoms with E-state index in [1.54, 1.807) is 17.0 Å². The molecular weight excluding hydrogens is 356 g/mol. The average molecular weight is 376 g/mol. The van der Waals surface area contributed by atoms with Crippen LogP contribution in [-0.2, 0) is 9.53 Å². The lowest BCUT2D eigenvalue weighted by Gasteiger charge is -2.38. The minimum Gasteiger partial charge on any atom is -0.451 e. The van der Waals surface area contributed by atoms with Crippen LogP contribution in [0.3, 0.4) is 0 Å². The molecule has 2 heterocycles. The molecule has 1 saturated heterocycles. The number of non-ortho nitro benzene ring substituents is 1. The highest BCUT2D eigenvalue weighted by atomic mass is 32.1. The van der Waals surface area contributed by atoms with Crippen molar-refractivity contribution in [1.82, 2.24) is 4.90 Å². The Labute approximate surface area is 154 Å². The number of hydrogen-bond acceptors (Lipinski definition) is 6. The normalized spacial score (nSPS) is 20.2. The summed E-state index contributed by atoms with van der Waals surface area (Å²) in [6, 6.07) is 6.29. The summed E-state index contributed by atoms with van der Waals surface area (Å²) < 4.78 is 5.95. The van der Waals surface area contributed by atoms with Gasteiger partial charge in [0.25, 0.3) is 11.6 Å². The molecule has 0 bridgehead atoms. The first-order chi connectivity index (χ1) is 12.4. The van der Waals surface area contributed by atoms with Gasteiger partial charge in [-0.1, -0.05) is 0 Å². The minimum absolute atomic E-state index is 0.0292. The molecule has 7 nitrogen and oxygen atoms in total. The first-order valence-electron chi connectivity index (χ1n) is 8.53. The maximum Gasteiger partial charge on any atom is 0.348 e. The summed E-state index contributed by atoms with van der Waals surface area (Å²) in [6.45, 7) is 3.73. The Balaban J connectivity index is 1.67. The number of carbonyl (C=O) groups excluding carboxylic acids is 2. The quantitative estimate of drug-likeness (QED) is 0.460. The van der Waals surface area contributed by atoms with Crippen molar-refractivity contribution in [1.29, 1.82) is 0 Å². The number of esters is 1. The monoisotopic (exact) mass is 376 g/mol. The van der Waals surface area contributed by atoms with Gasteiger partial charge in [-0.2, -0.15) is 0 Å². The van der Waals surface area contributed by atoms with Gasteiger partial charge in [0.2, 0.25) is 0 Å². The van der Waals surface area contributed by atoms with Crippen LogP contribution < -0.4 is 0 Å². The van der Waals surface area contributed by atoms with Crippen molar-refractivity contribution in [2.75, 3.05) is 6.61 Å². The van der Waals surface area contributed by atoms with Crippen LogP contribution in [0.4, 0.5) is 5.69 Å². The van der Waals surface area contributed by atoms with Gasteiger partial charge in [-0.3, -0.25) is 14.9 Å². The molecular formula is C18H20N2O5S. The van der Waals surface area contributed by atoms with Crippen molar-refractivity contribution in [3.05, 3.63) is 39.3 Å². The van der Waals surface area contributed by atoms with Gasteiger partial charge in [0.1, 0.15) is 4.88 Å². The summed E-state index contributed by atoms with van der Waals surface area (Å²) in [5.74, 6) is -0.769. The lowest BCUT2D eigenvalue weighted by Crippen LogP contribution is -2.49. The van der Waals surface area contributed by atoms with E-state index in [9.17, 15) is 19.7 Å². The smallest absolute Gasteiger partial charge is 0.348 e. The second kappa shape index (κ2) is 7.41. The molecule has 0 N–H and O–H groups in total. The van der Waals surface area contributed by atoms with E-state index in [2.05, 4.69) is 0 Å². The zero-order valence-electron chi connectivity index (χ0n) is 14.6. The molecule has 1 fully saturated rings. The Morgan fingerprint density at radius 3 is 2.62 bits per heavy atom. The molecule has 1 amide bonds. The fourth-order valence-corrected chi connectivity index (χ4v) is 4.37. The van der Waals surface area contributed by atoms with Crippen LogP contribution in [-0.4, -0.2) is 40.4 Å². The Kier molecular flexibility index (Phi) is 5.22. The number of hydrogen-bond donors (Lipinski definition) is 0. The Morgan fingerprint density at radius 2 is 1.96 bits per heavy atom. The minimum atomic E-state index is -0.584. The number of likely N-dealkylation sites (tertiary alicyclic amines) is 1. The van der Waals surface area contributed by atoms with Gasteiger partial charge >= 0.3 is 5.97 Å². The molecule has 0 unspecified atom stereocenters. The van der Waals surface area contributed by atoms with Crippen LogP contribution in [0.2, 0.25) is 0 Å². The highest BCUT2D eigenvalue weighted by molar-refractivity contribution is 7.20. The molecule has 1 aliphatic heterocycles. The van der Waals surface area contributed by atoms with E-state index < -0.39 is 10.9 Å². The highest BCUT2D eigenvalue weighted by Crippen LogP contribution is 2.29. The van der Waals surface area contributed by atoms with Crippen molar-refractivity contribution >= 4 is 39.0 Å². The van der Waals surface area contributed by atoms with Crippen molar-refractivity contribution in [3.63, 3.8) is 0 Å². The summed E-state index contributed by atoms with van der Waals surface area (Å²) in [5, 5.41) is 11.5. The predicted molar refractivity (Wildman–Crippen MR) is 98.4 cm³/mol. The molecule has 0 aliphatic carbocycles. The zero-order valence-corrected chi connectivity index (χ0v) is 15.5. The van der Waals surface area contributed by atoms with Gasteiger partial charge in [-0.15, -0.1) is 11.3 Å². The molecule has 0 spiro atoms. The van der Waals surface area contributed by atoms with Crippen LogP contribution in [0.25, 0.3) is 10.1 Å². The molecule has 1 aromatic heterocycles. The lowest BCUT2D eigenvalue weighted by atomic mass is 9.97. The topological polar surface area (TPSA) is 89.8 Å².